The smallest absolute Gasteiger partial charge is 0.330 e. The van der Waals surface area contributed by atoms with E-state index in [0.717, 1.165) is 5.69 Å². The topological polar surface area (TPSA) is 63.8 Å². The molecule has 0 aliphatic carbocycles. The van der Waals surface area contributed by atoms with Gasteiger partial charge in [0.25, 0.3) is 0 Å². The average Bonchev–Trinajstić information content (AvgIpc) is 2.75. The van der Waals surface area contributed by atoms with Crippen LogP contribution in [0.5, 0.6) is 0 Å². The molecule has 0 fully saturated rings. The first kappa shape index (κ1) is 10.7. The van der Waals surface area contributed by atoms with Gasteiger partial charge >= 0.3 is 5.69 Å². The number of aromatic nitrogens is 2. The fourth-order valence-electron chi connectivity index (χ4n) is 1.62. The van der Waals surface area contributed by atoms with Gasteiger partial charge in [-0.1, -0.05) is 19.1 Å². The van der Waals surface area contributed by atoms with Crippen LogP contribution in [0.25, 0.3) is 5.69 Å². The van der Waals surface area contributed by atoms with Crippen molar-refractivity contribution in [3.63, 3.8) is 0 Å². The van der Waals surface area contributed by atoms with Crippen molar-refractivity contribution in [1.29, 1.82) is 0 Å². The highest BCUT2D eigenvalue weighted by Gasteiger charge is 2.04. The molecule has 0 bridgehead atoms. The SMILES string of the molecule is CC(CN)c1ccc(-n2cc[nH]c2=O)cc1. The van der Waals surface area contributed by atoms with Crippen LogP contribution in [0.2, 0.25) is 0 Å². The van der Waals surface area contributed by atoms with Crippen molar-refractivity contribution >= 4 is 0 Å². The zero-order chi connectivity index (χ0) is 11.5. The molecule has 3 N–H and O–H groups in total. The van der Waals surface area contributed by atoms with E-state index in [1.165, 1.54) is 5.56 Å². The number of H-pyrrole nitrogens is 1. The highest BCUT2D eigenvalue weighted by molar-refractivity contribution is 5.35. The van der Waals surface area contributed by atoms with Crippen LogP contribution in [0.4, 0.5) is 0 Å². The summed E-state index contributed by atoms with van der Waals surface area (Å²) in [7, 11) is 0. The Morgan fingerprint density at radius 3 is 2.56 bits per heavy atom. The van der Waals surface area contributed by atoms with E-state index >= 15 is 0 Å². The van der Waals surface area contributed by atoms with Crippen molar-refractivity contribution in [2.75, 3.05) is 6.54 Å². The third-order valence-electron chi connectivity index (χ3n) is 2.74. The zero-order valence-electron chi connectivity index (χ0n) is 9.18. The number of nitrogens with one attached hydrogen (secondary N) is 1. The van der Waals surface area contributed by atoms with Crippen molar-refractivity contribution in [3.8, 4) is 5.69 Å². The van der Waals surface area contributed by atoms with Crippen LogP contribution in [0, 0.1) is 0 Å². The average molecular weight is 217 g/mol. The number of nitrogens with two attached hydrogens (primary N) is 1. The second-order valence-corrected chi connectivity index (χ2v) is 3.86. The Morgan fingerprint density at radius 2 is 2.06 bits per heavy atom. The number of aromatic amines is 1. The van der Waals surface area contributed by atoms with Crippen LogP contribution < -0.4 is 11.4 Å². The third kappa shape index (κ3) is 1.92. The van der Waals surface area contributed by atoms with Gasteiger partial charge in [-0.3, -0.25) is 4.57 Å². The van der Waals surface area contributed by atoms with Gasteiger partial charge in [-0.05, 0) is 30.2 Å². The Bertz CT molecular complexity index is 510. The molecule has 1 aromatic carbocycles. The number of hydrogen-bond donors (Lipinski definition) is 2. The first-order valence-electron chi connectivity index (χ1n) is 5.29. The Balaban J connectivity index is 2.33. The first-order chi connectivity index (χ1) is 7.72. The number of hydrogen-bond acceptors (Lipinski definition) is 2. The van der Waals surface area contributed by atoms with E-state index in [-0.39, 0.29) is 5.69 Å². The second kappa shape index (κ2) is 4.37. The molecule has 0 saturated heterocycles. The molecule has 1 heterocycles. The van der Waals surface area contributed by atoms with Crippen LogP contribution in [0.15, 0.2) is 41.5 Å². The number of imidazole rings is 1. The molecule has 16 heavy (non-hydrogen) atoms. The minimum absolute atomic E-state index is 0.125. The predicted octanol–water partition coefficient (Wildman–Crippen LogP) is 1.23. The molecule has 1 aromatic heterocycles. The fourth-order valence-corrected chi connectivity index (χ4v) is 1.62. The maximum absolute atomic E-state index is 11.4. The van der Waals surface area contributed by atoms with Crippen LogP contribution >= 0.6 is 0 Å². The molecule has 4 heteroatoms. The standard InChI is InChI=1S/C12H15N3O/c1-9(8-13)10-2-4-11(5-3-10)15-7-6-14-12(15)16/h2-7,9H,8,13H2,1H3,(H,14,16). The van der Waals surface area contributed by atoms with Gasteiger partial charge in [-0.15, -0.1) is 0 Å². The lowest BCUT2D eigenvalue weighted by Crippen LogP contribution is -2.14. The number of benzene rings is 1. The summed E-state index contributed by atoms with van der Waals surface area (Å²) in [5.41, 5.74) is 7.53. The molecule has 0 spiro atoms. The highest BCUT2D eigenvalue weighted by Crippen LogP contribution is 2.15. The molecule has 0 aliphatic heterocycles. The lowest BCUT2D eigenvalue weighted by atomic mass is 10.0. The number of nitrogens with zero attached hydrogens (tertiary/aromatic N) is 1. The zero-order valence-corrected chi connectivity index (χ0v) is 9.18. The summed E-state index contributed by atoms with van der Waals surface area (Å²) in [4.78, 5) is 14.0. The summed E-state index contributed by atoms with van der Waals surface area (Å²) < 4.78 is 1.57. The summed E-state index contributed by atoms with van der Waals surface area (Å²) >= 11 is 0. The summed E-state index contributed by atoms with van der Waals surface area (Å²) in [5.74, 6) is 0.344. The van der Waals surface area contributed by atoms with Crippen molar-refractivity contribution in [3.05, 3.63) is 52.7 Å². The molecule has 2 rings (SSSR count). The van der Waals surface area contributed by atoms with E-state index in [0.29, 0.717) is 12.5 Å². The van der Waals surface area contributed by atoms with Gasteiger partial charge in [-0.2, -0.15) is 0 Å². The Morgan fingerprint density at radius 1 is 1.38 bits per heavy atom. The van der Waals surface area contributed by atoms with Crippen molar-refractivity contribution in [2.45, 2.75) is 12.8 Å². The minimum Gasteiger partial charge on any atom is -0.330 e. The molecule has 4 nitrogen and oxygen atoms in total. The van der Waals surface area contributed by atoms with Crippen molar-refractivity contribution in [1.82, 2.24) is 9.55 Å². The monoisotopic (exact) mass is 217 g/mol. The first-order valence-corrected chi connectivity index (χ1v) is 5.29. The maximum Gasteiger partial charge on any atom is 0.330 e. The predicted molar refractivity (Wildman–Crippen MR) is 63.9 cm³/mol. The Labute approximate surface area is 93.7 Å². The number of rotatable bonds is 3. The van der Waals surface area contributed by atoms with E-state index < -0.39 is 0 Å². The van der Waals surface area contributed by atoms with Gasteiger partial charge in [-0.25, -0.2) is 4.79 Å². The molecule has 1 atom stereocenters. The van der Waals surface area contributed by atoms with E-state index in [2.05, 4.69) is 11.9 Å². The van der Waals surface area contributed by atoms with Crippen LogP contribution in [0.1, 0.15) is 18.4 Å². The Hall–Kier alpha value is -1.81. The van der Waals surface area contributed by atoms with Gasteiger partial charge in [0, 0.05) is 12.4 Å². The van der Waals surface area contributed by atoms with Crippen LogP contribution in [-0.4, -0.2) is 16.1 Å². The molecule has 1 unspecified atom stereocenters. The van der Waals surface area contributed by atoms with Gasteiger partial charge < -0.3 is 10.7 Å². The quantitative estimate of drug-likeness (QED) is 0.812. The van der Waals surface area contributed by atoms with Gasteiger partial charge in [0.1, 0.15) is 0 Å². The van der Waals surface area contributed by atoms with Gasteiger partial charge in [0.2, 0.25) is 0 Å². The largest absolute Gasteiger partial charge is 0.330 e. The molecular weight excluding hydrogens is 202 g/mol. The van der Waals surface area contributed by atoms with E-state index in [9.17, 15) is 4.79 Å². The van der Waals surface area contributed by atoms with Crippen LogP contribution in [0.3, 0.4) is 0 Å². The van der Waals surface area contributed by atoms with E-state index in [4.69, 9.17) is 5.73 Å². The molecule has 84 valence electrons. The van der Waals surface area contributed by atoms with Crippen molar-refractivity contribution in [2.24, 2.45) is 5.73 Å². The second-order valence-electron chi connectivity index (χ2n) is 3.86. The maximum atomic E-state index is 11.4. The molecular formula is C12H15N3O. The van der Waals surface area contributed by atoms with Crippen molar-refractivity contribution < 1.29 is 0 Å². The lowest BCUT2D eigenvalue weighted by Gasteiger charge is -2.09. The normalized spacial score (nSPS) is 12.6. The summed E-state index contributed by atoms with van der Waals surface area (Å²) in [5, 5.41) is 0. The minimum atomic E-state index is -0.125. The molecule has 0 radical (unpaired) electrons. The summed E-state index contributed by atoms with van der Waals surface area (Å²) in [6.07, 6.45) is 3.34. The third-order valence-corrected chi connectivity index (χ3v) is 2.74. The van der Waals surface area contributed by atoms with Gasteiger partial charge in [0.05, 0.1) is 5.69 Å². The highest BCUT2D eigenvalue weighted by atomic mass is 16.1. The lowest BCUT2D eigenvalue weighted by molar-refractivity contribution is 0.773. The molecule has 0 saturated carbocycles. The summed E-state index contributed by atoms with van der Waals surface area (Å²) in [6, 6.07) is 7.87. The molecule has 2 aromatic rings. The summed E-state index contributed by atoms with van der Waals surface area (Å²) in [6.45, 7) is 2.71. The fraction of sp³-hybridized carbons (Fsp3) is 0.250. The Kier molecular flexibility index (Phi) is 2.92. The van der Waals surface area contributed by atoms with E-state index in [1.54, 1.807) is 17.0 Å². The molecule has 0 amide bonds. The van der Waals surface area contributed by atoms with Gasteiger partial charge in [0.15, 0.2) is 0 Å². The molecule has 0 aliphatic rings. The van der Waals surface area contributed by atoms with Crippen LogP contribution in [-0.2, 0) is 0 Å². The van der Waals surface area contributed by atoms with E-state index in [1.807, 2.05) is 24.3 Å².